The highest BCUT2D eigenvalue weighted by atomic mass is 32.1. The normalized spacial score (nSPS) is 10.3. The van der Waals surface area contributed by atoms with Crippen LogP contribution in [0.3, 0.4) is 0 Å². The number of aromatic nitrogens is 3. The van der Waals surface area contributed by atoms with Gasteiger partial charge >= 0.3 is 0 Å². The van der Waals surface area contributed by atoms with E-state index in [2.05, 4.69) is 20.5 Å². The number of nitrogens with zero attached hydrogens (tertiary/aromatic N) is 2. The second-order valence-electron chi connectivity index (χ2n) is 3.26. The quantitative estimate of drug-likeness (QED) is 0.731. The summed E-state index contributed by atoms with van der Waals surface area (Å²) in [4.78, 5) is 15.9. The molecule has 0 unspecified atom stereocenters. The lowest BCUT2D eigenvalue weighted by molar-refractivity contribution is 0.0952. The van der Waals surface area contributed by atoms with Crippen LogP contribution >= 0.6 is 11.3 Å². The van der Waals surface area contributed by atoms with Crippen molar-refractivity contribution in [2.75, 3.05) is 5.73 Å². The molecule has 2 aromatic rings. The smallest absolute Gasteiger partial charge is 0.256 e. The number of hydrogen-bond acceptors (Lipinski definition) is 5. The number of amides is 1. The molecule has 0 spiro atoms. The molecule has 0 bridgehead atoms. The zero-order chi connectivity index (χ0) is 11.5. The topological polar surface area (TPSA) is 96.7 Å². The minimum Gasteiger partial charge on any atom is -0.383 e. The Morgan fingerprint density at radius 1 is 1.69 bits per heavy atom. The summed E-state index contributed by atoms with van der Waals surface area (Å²) in [6.45, 7) is 2.32. The summed E-state index contributed by atoms with van der Waals surface area (Å²) in [6.07, 6.45) is 1.40. The maximum absolute atomic E-state index is 11.6. The van der Waals surface area contributed by atoms with E-state index in [-0.39, 0.29) is 11.7 Å². The molecule has 0 aromatic carbocycles. The van der Waals surface area contributed by atoms with Gasteiger partial charge in [-0.1, -0.05) is 0 Å². The molecular formula is C9H11N5OS. The van der Waals surface area contributed by atoms with Crippen molar-refractivity contribution in [2.45, 2.75) is 13.5 Å². The average molecular weight is 237 g/mol. The van der Waals surface area contributed by atoms with Crippen LogP contribution in [-0.2, 0) is 6.54 Å². The molecule has 84 valence electrons. The minimum atomic E-state index is -0.251. The number of thiazole rings is 1. The first kappa shape index (κ1) is 10.6. The Kier molecular flexibility index (Phi) is 2.86. The van der Waals surface area contributed by atoms with Gasteiger partial charge in [0.1, 0.15) is 16.4 Å². The molecule has 7 heteroatoms. The second kappa shape index (κ2) is 4.31. The number of nitrogens with one attached hydrogen (secondary N) is 2. The van der Waals surface area contributed by atoms with Gasteiger partial charge in [-0.2, -0.15) is 5.10 Å². The highest BCUT2D eigenvalue weighted by Gasteiger charge is 2.11. The van der Waals surface area contributed by atoms with Gasteiger partial charge in [0.15, 0.2) is 0 Å². The molecule has 0 aliphatic carbocycles. The highest BCUT2D eigenvalue weighted by Crippen LogP contribution is 2.09. The van der Waals surface area contributed by atoms with E-state index in [1.54, 1.807) is 0 Å². The van der Waals surface area contributed by atoms with Crippen molar-refractivity contribution in [3.8, 4) is 0 Å². The molecule has 2 rings (SSSR count). The summed E-state index contributed by atoms with van der Waals surface area (Å²) in [5, 5.41) is 11.7. The number of nitrogen functional groups attached to an aromatic ring is 1. The van der Waals surface area contributed by atoms with Crippen LogP contribution in [0.25, 0.3) is 0 Å². The molecule has 0 aliphatic rings. The van der Waals surface area contributed by atoms with Gasteiger partial charge in [-0.3, -0.25) is 9.89 Å². The Bertz CT molecular complexity index is 503. The van der Waals surface area contributed by atoms with E-state index in [1.165, 1.54) is 17.5 Å². The van der Waals surface area contributed by atoms with Crippen LogP contribution in [0.15, 0.2) is 11.6 Å². The molecule has 16 heavy (non-hydrogen) atoms. The molecular weight excluding hydrogens is 226 g/mol. The lowest BCUT2D eigenvalue weighted by Gasteiger charge is -2.00. The summed E-state index contributed by atoms with van der Waals surface area (Å²) in [5.74, 6) is 0.0203. The van der Waals surface area contributed by atoms with Crippen molar-refractivity contribution in [1.29, 1.82) is 0 Å². The largest absolute Gasteiger partial charge is 0.383 e. The predicted octanol–water partition coefficient (Wildman–Crippen LogP) is 0.687. The fourth-order valence-corrected chi connectivity index (χ4v) is 1.92. The molecule has 0 saturated heterocycles. The number of hydrogen-bond donors (Lipinski definition) is 3. The molecule has 4 N–H and O–H groups in total. The van der Waals surface area contributed by atoms with Crippen molar-refractivity contribution >= 4 is 23.1 Å². The van der Waals surface area contributed by atoms with Crippen LogP contribution in [0.2, 0.25) is 0 Å². The van der Waals surface area contributed by atoms with Crippen LogP contribution in [0, 0.1) is 6.92 Å². The lowest BCUT2D eigenvalue weighted by atomic mass is 10.3. The Hall–Kier alpha value is -1.89. The van der Waals surface area contributed by atoms with Crippen molar-refractivity contribution in [3.63, 3.8) is 0 Å². The minimum absolute atomic E-state index is 0.251. The van der Waals surface area contributed by atoms with Gasteiger partial charge in [-0.25, -0.2) is 4.98 Å². The first-order valence-corrected chi connectivity index (χ1v) is 5.53. The van der Waals surface area contributed by atoms with E-state index in [0.29, 0.717) is 12.1 Å². The summed E-state index contributed by atoms with van der Waals surface area (Å²) < 4.78 is 0. The average Bonchev–Trinajstić information content (AvgIpc) is 2.84. The van der Waals surface area contributed by atoms with Crippen molar-refractivity contribution < 1.29 is 4.79 Å². The van der Waals surface area contributed by atoms with E-state index in [1.807, 2.05) is 12.3 Å². The Morgan fingerprint density at radius 2 is 2.50 bits per heavy atom. The number of rotatable bonds is 3. The van der Waals surface area contributed by atoms with Crippen LogP contribution in [0.5, 0.6) is 0 Å². The molecule has 0 aliphatic heterocycles. The fourth-order valence-electron chi connectivity index (χ4n) is 1.21. The summed E-state index contributed by atoms with van der Waals surface area (Å²) in [7, 11) is 0. The maximum Gasteiger partial charge on any atom is 0.256 e. The monoisotopic (exact) mass is 237 g/mol. The number of anilines is 1. The summed E-state index contributed by atoms with van der Waals surface area (Å²) in [5.41, 5.74) is 6.83. The first-order valence-electron chi connectivity index (χ1n) is 4.65. The summed E-state index contributed by atoms with van der Waals surface area (Å²) in [6, 6.07) is 0. The van der Waals surface area contributed by atoms with Crippen LogP contribution < -0.4 is 11.1 Å². The van der Waals surface area contributed by atoms with E-state index >= 15 is 0 Å². The third kappa shape index (κ3) is 2.19. The molecule has 0 atom stereocenters. The lowest BCUT2D eigenvalue weighted by Crippen LogP contribution is -2.23. The Morgan fingerprint density at radius 3 is 3.06 bits per heavy atom. The van der Waals surface area contributed by atoms with E-state index in [9.17, 15) is 4.79 Å². The van der Waals surface area contributed by atoms with E-state index in [0.717, 1.165) is 10.7 Å². The number of H-pyrrole nitrogens is 1. The molecule has 2 heterocycles. The second-order valence-corrected chi connectivity index (χ2v) is 4.21. The predicted molar refractivity (Wildman–Crippen MR) is 61.0 cm³/mol. The van der Waals surface area contributed by atoms with Gasteiger partial charge in [-0.15, -0.1) is 11.3 Å². The third-order valence-electron chi connectivity index (χ3n) is 1.98. The van der Waals surface area contributed by atoms with Gasteiger partial charge in [0.25, 0.3) is 5.91 Å². The number of carbonyl (C=O) groups is 1. The van der Waals surface area contributed by atoms with Gasteiger partial charge in [0.2, 0.25) is 0 Å². The molecule has 2 aromatic heterocycles. The Balaban J connectivity index is 1.96. The van der Waals surface area contributed by atoms with Gasteiger partial charge in [0, 0.05) is 11.1 Å². The molecule has 0 saturated carbocycles. The maximum atomic E-state index is 11.6. The summed E-state index contributed by atoms with van der Waals surface area (Å²) >= 11 is 1.51. The highest BCUT2D eigenvalue weighted by molar-refractivity contribution is 7.09. The van der Waals surface area contributed by atoms with Crippen LogP contribution in [0.1, 0.15) is 21.1 Å². The van der Waals surface area contributed by atoms with Gasteiger partial charge in [-0.05, 0) is 6.92 Å². The SMILES string of the molecule is Cc1csc(CNC(=O)c2cn[nH]c2N)n1. The van der Waals surface area contributed by atoms with Crippen molar-refractivity contribution in [3.05, 3.63) is 27.8 Å². The molecule has 0 fully saturated rings. The van der Waals surface area contributed by atoms with Crippen LogP contribution in [-0.4, -0.2) is 21.1 Å². The van der Waals surface area contributed by atoms with Crippen molar-refractivity contribution in [2.24, 2.45) is 0 Å². The first-order chi connectivity index (χ1) is 7.66. The van der Waals surface area contributed by atoms with E-state index < -0.39 is 0 Å². The number of aryl methyl sites for hydroxylation is 1. The number of aromatic amines is 1. The molecule has 1 amide bonds. The molecule has 6 nitrogen and oxygen atoms in total. The van der Waals surface area contributed by atoms with Crippen LogP contribution in [0.4, 0.5) is 5.82 Å². The third-order valence-corrected chi connectivity index (χ3v) is 2.95. The van der Waals surface area contributed by atoms with Gasteiger partial charge in [0.05, 0.1) is 12.7 Å². The van der Waals surface area contributed by atoms with Gasteiger partial charge < -0.3 is 11.1 Å². The van der Waals surface area contributed by atoms with Crippen molar-refractivity contribution in [1.82, 2.24) is 20.5 Å². The van der Waals surface area contributed by atoms with E-state index in [4.69, 9.17) is 5.73 Å². The zero-order valence-corrected chi connectivity index (χ0v) is 9.47. The number of nitrogens with two attached hydrogens (primary N) is 1. The Labute approximate surface area is 95.9 Å². The molecule has 0 radical (unpaired) electrons. The zero-order valence-electron chi connectivity index (χ0n) is 8.65. The fraction of sp³-hybridized carbons (Fsp3) is 0.222. The number of carbonyl (C=O) groups excluding carboxylic acids is 1. The standard InChI is InChI=1S/C9H11N5OS/c1-5-4-16-7(13-5)3-11-9(15)6-2-12-14-8(6)10/h2,4H,3H2,1H3,(H,11,15)(H3,10,12,14).